The van der Waals surface area contributed by atoms with Gasteiger partial charge in [0.15, 0.2) is 5.96 Å². The first-order valence-corrected chi connectivity index (χ1v) is 10.5. The molecule has 164 valence electrons. The van der Waals surface area contributed by atoms with E-state index in [4.69, 9.17) is 4.99 Å². The van der Waals surface area contributed by atoms with E-state index in [1.165, 1.54) is 22.5 Å². The molecule has 0 fully saturated rings. The van der Waals surface area contributed by atoms with Gasteiger partial charge >= 0.3 is 0 Å². The lowest BCUT2D eigenvalue weighted by molar-refractivity contribution is 0.636. The zero-order chi connectivity index (χ0) is 20.8. The third-order valence-electron chi connectivity index (χ3n) is 5.44. The highest BCUT2D eigenvalue weighted by Crippen LogP contribution is 2.18. The third-order valence-corrected chi connectivity index (χ3v) is 5.44. The first kappa shape index (κ1) is 24.2. The molecule has 1 atom stereocenters. The van der Waals surface area contributed by atoms with Gasteiger partial charge in [0.1, 0.15) is 0 Å². The van der Waals surface area contributed by atoms with Crippen LogP contribution < -0.4 is 15.5 Å². The number of benzene rings is 1. The first-order valence-electron chi connectivity index (χ1n) is 10.5. The zero-order valence-electron chi connectivity index (χ0n) is 18.8. The molecule has 2 heterocycles. The van der Waals surface area contributed by atoms with E-state index in [1.807, 2.05) is 11.7 Å². The summed E-state index contributed by atoms with van der Waals surface area (Å²) in [5.41, 5.74) is 6.13. The minimum absolute atomic E-state index is 0. The maximum absolute atomic E-state index is 4.79. The summed E-state index contributed by atoms with van der Waals surface area (Å²) in [7, 11) is 2.00. The smallest absolute Gasteiger partial charge is 0.191 e. The number of aromatic nitrogens is 2. The molecule has 2 aromatic rings. The van der Waals surface area contributed by atoms with E-state index in [2.05, 4.69) is 84.7 Å². The number of halogens is 1. The van der Waals surface area contributed by atoms with Crippen LogP contribution in [0.25, 0.3) is 0 Å². The number of nitrogens with zero attached hydrogens (tertiary/aromatic N) is 4. The Kier molecular flexibility index (Phi) is 9.20. The Balaban J connectivity index is 0.00000320. The van der Waals surface area contributed by atoms with Gasteiger partial charge in [-0.15, -0.1) is 24.0 Å². The number of nitrogens with one attached hydrogen (secondary N) is 2. The molecule has 3 rings (SSSR count). The molecule has 1 aliphatic heterocycles. The van der Waals surface area contributed by atoms with Gasteiger partial charge < -0.3 is 15.5 Å². The van der Waals surface area contributed by atoms with E-state index < -0.39 is 0 Å². The maximum Gasteiger partial charge on any atom is 0.191 e. The van der Waals surface area contributed by atoms with Crippen molar-refractivity contribution < 1.29 is 0 Å². The van der Waals surface area contributed by atoms with Gasteiger partial charge in [-0.2, -0.15) is 5.10 Å². The molecule has 0 saturated heterocycles. The van der Waals surface area contributed by atoms with Crippen molar-refractivity contribution in [2.24, 2.45) is 12.0 Å². The van der Waals surface area contributed by atoms with Crippen LogP contribution in [0.4, 0.5) is 5.69 Å². The van der Waals surface area contributed by atoms with E-state index in [0.717, 1.165) is 37.7 Å². The lowest BCUT2D eigenvalue weighted by atomic mass is 10.1. The fraction of sp³-hybridized carbons (Fsp3) is 0.478. The van der Waals surface area contributed by atoms with Gasteiger partial charge in [-0.05, 0) is 57.4 Å². The predicted octanol–water partition coefficient (Wildman–Crippen LogP) is 3.72. The van der Waals surface area contributed by atoms with Crippen molar-refractivity contribution in [3.63, 3.8) is 0 Å². The summed E-state index contributed by atoms with van der Waals surface area (Å²) in [5, 5.41) is 11.4. The van der Waals surface area contributed by atoms with Gasteiger partial charge in [-0.3, -0.25) is 4.68 Å². The molecule has 0 radical (unpaired) electrons. The Labute approximate surface area is 197 Å². The lowest BCUT2D eigenvalue weighted by Crippen LogP contribution is -2.43. The maximum atomic E-state index is 4.79. The number of anilines is 1. The molecule has 1 aromatic heterocycles. The summed E-state index contributed by atoms with van der Waals surface area (Å²) < 4.78 is 1.96. The summed E-state index contributed by atoms with van der Waals surface area (Å²) in [4.78, 5) is 7.14. The van der Waals surface area contributed by atoms with Crippen LogP contribution >= 0.6 is 24.0 Å². The highest BCUT2D eigenvalue weighted by molar-refractivity contribution is 14.0. The van der Waals surface area contributed by atoms with E-state index in [1.54, 1.807) is 0 Å². The fourth-order valence-corrected chi connectivity index (χ4v) is 3.69. The molecule has 2 N–H and O–H groups in total. The Hall–Kier alpha value is -2.03. The summed E-state index contributed by atoms with van der Waals surface area (Å²) in [6.07, 6.45) is 5.35. The van der Waals surface area contributed by atoms with Crippen molar-refractivity contribution in [1.82, 2.24) is 20.4 Å². The highest BCUT2D eigenvalue weighted by Gasteiger charge is 2.14. The quantitative estimate of drug-likeness (QED) is 0.252. The largest absolute Gasteiger partial charge is 0.364 e. The van der Waals surface area contributed by atoms with Crippen LogP contribution in [-0.4, -0.2) is 41.4 Å². The summed E-state index contributed by atoms with van der Waals surface area (Å²) in [5.74, 6) is 0.854. The van der Waals surface area contributed by atoms with Gasteiger partial charge in [-0.25, -0.2) is 4.99 Å². The van der Waals surface area contributed by atoms with Crippen molar-refractivity contribution in [3.05, 3.63) is 58.9 Å². The van der Waals surface area contributed by atoms with Crippen LogP contribution in [0.15, 0.2) is 41.4 Å². The Morgan fingerprint density at radius 2 is 1.83 bits per heavy atom. The molecule has 6 nitrogen and oxygen atoms in total. The van der Waals surface area contributed by atoms with E-state index in [9.17, 15) is 0 Å². The summed E-state index contributed by atoms with van der Waals surface area (Å²) in [6.45, 7) is 12.0. The zero-order valence-corrected chi connectivity index (χ0v) is 21.1. The Morgan fingerprint density at radius 3 is 2.40 bits per heavy atom. The second kappa shape index (κ2) is 11.4. The first-order chi connectivity index (χ1) is 14.0. The van der Waals surface area contributed by atoms with Crippen LogP contribution in [0.1, 0.15) is 36.4 Å². The number of hydrogen-bond donors (Lipinski definition) is 2. The molecule has 7 heteroatoms. The summed E-state index contributed by atoms with van der Waals surface area (Å²) in [6, 6.07) is 8.99. The van der Waals surface area contributed by atoms with Crippen LogP contribution in [0.2, 0.25) is 0 Å². The second-order valence-corrected chi connectivity index (χ2v) is 7.76. The van der Waals surface area contributed by atoms with Gasteiger partial charge in [-0.1, -0.05) is 24.3 Å². The van der Waals surface area contributed by atoms with Crippen molar-refractivity contribution >= 4 is 35.6 Å². The van der Waals surface area contributed by atoms with Gasteiger partial charge in [0, 0.05) is 44.1 Å². The van der Waals surface area contributed by atoms with E-state index >= 15 is 0 Å². The van der Waals surface area contributed by atoms with Gasteiger partial charge in [0.2, 0.25) is 0 Å². The number of hydrogen-bond acceptors (Lipinski definition) is 3. The van der Waals surface area contributed by atoms with Crippen molar-refractivity contribution in [3.8, 4) is 0 Å². The lowest BCUT2D eigenvalue weighted by Gasteiger charge is -2.19. The molecule has 0 saturated carbocycles. The minimum Gasteiger partial charge on any atom is -0.364 e. The standard InChI is InChI=1S/C23H34N6.HI/c1-6-24-23(26-17(2)15-22-18(3)27-28(5)19(22)4)25-16-20-9-11-21(12-10-20)29-13-7-8-14-29;/h7-12,17H,6,13-16H2,1-5H3,(H2,24,25,26);1H. The molecule has 1 unspecified atom stereocenters. The van der Waals surface area contributed by atoms with E-state index in [0.29, 0.717) is 6.54 Å². The molecule has 30 heavy (non-hydrogen) atoms. The fourth-order valence-electron chi connectivity index (χ4n) is 3.69. The average molecular weight is 522 g/mol. The number of aryl methyl sites for hydroxylation is 2. The molecular formula is C23H35IN6. The average Bonchev–Trinajstić information content (AvgIpc) is 3.32. The van der Waals surface area contributed by atoms with Crippen molar-refractivity contribution in [2.45, 2.75) is 46.7 Å². The molecule has 0 aliphatic carbocycles. The topological polar surface area (TPSA) is 57.5 Å². The van der Waals surface area contributed by atoms with Crippen molar-refractivity contribution in [2.75, 3.05) is 24.5 Å². The SMILES string of the molecule is CCNC(=NCc1ccc(N2CC=CC2)cc1)NC(C)Cc1c(C)nn(C)c1C.I. The molecular weight excluding hydrogens is 487 g/mol. The Bertz CT molecular complexity index is 861. The third kappa shape index (κ3) is 6.23. The number of guanidine groups is 1. The van der Waals surface area contributed by atoms with Crippen molar-refractivity contribution in [1.29, 1.82) is 0 Å². The van der Waals surface area contributed by atoms with Crippen LogP contribution in [0.5, 0.6) is 0 Å². The molecule has 1 aliphatic rings. The molecule has 0 bridgehead atoms. The van der Waals surface area contributed by atoms with E-state index in [-0.39, 0.29) is 30.0 Å². The van der Waals surface area contributed by atoms with Crippen LogP contribution in [0, 0.1) is 13.8 Å². The monoisotopic (exact) mass is 522 g/mol. The molecule has 0 amide bonds. The number of aliphatic imine (C=N–C) groups is 1. The normalized spacial score (nSPS) is 14.6. The number of rotatable bonds is 7. The van der Waals surface area contributed by atoms with Gasteiger partial charge in [0.05, 0.1) is 12.2 Å². The summed E-state index contributed by atoms with van der Waals surface area (Å²) >= 11 is 0. The van der Waals surface area contributed by atoms with Crippen LogP contribution in [0.3, 0.4) is 0 Å². The predicted molar refractivity (Wildman–Crippen MR) is 137 cm³/mol. The second-order valence-electron chi connectivity index (χ2n) is 7.76. The van der Waals surface area contributed by atoms with Gasteiger partial charge in [0.25, 0.3) is 0 Å². The minimum atomic E-state index is 0. The molecule has 1 aromatic carbocycles. The molecule has 0 spiro atoms. The van der Waals surface area contributed by atoms with Crippen LogP contribution in [-0.2, 0) is 20.0 Å². The Morgan fingerprint density at radius 1 is 1.17 bits per heavy atom. The highest BCUT2D eigenvalue weighted by atomic mass is 127.